The van der Waals surface area contributed by atoms with Crippen molar-refractivity contribution in [3.63, 3.8) is 0 Å². The van der Waals surface area contributed by atoms with Crippen LogP contribution in [0.4, 0.5) is 11.4 Å². The zero-order valence-corrected chi connectivity index (χ0v) is 22.4. The van der Waals surface area contributed by atoms with Gasteiger partial charge in [0.1, 0.15) is 29.4 Å². The number of amidine groups is 1. The number of pyridine rings is 1. The number of hydrogen-bond donors (Lipinski definition) is 1. The Hall–Kier alpha value is -4.07. The van der Waals surface area contributed by atoms with E-state index in [4.69, 9.17) is 20.2 Å². The van der Waals surface area contributed by atoms with Gasteiger partial charge < -0.3 is 20.1 Å². The molecule has 2 aromatic heterocycles. The van der Waals surface area contributed by atoms with Crippen LogP contribution < -0.4 is 20.1 Å². The van der Waals surface area contributed by atoms with Crippen LogP contribution in [0.5, 0.6) is 17.2 Å². The zero-order chi connectivity index (χ0) is 26.4. The molecule has 0 fully saturated rings. The molecule has 8 nitrogen and oxygen atoms in total. The van der Waals surface area contributed by atoms with Crippen LogP contribution in [0.25, 0.3) is 5.65 Å². The Morgan fingerprint density at radius 3 is 2.62 bits per heavy atom. The van der Waals surface area contributed by atoms with Gasteiger partial charge in [-0.2, -0.15) is 5.10 Å². The highest BCUT2D eigenvalue weighted by atomic mass is 16.5. The van der Waals surface area contributed by atoms with Crippen molar-refractivity contribution >= 4 is 22.9 Å². The first-order valence-corrected chi connectivity index (χ1v) is 12.8. The smallest absolute Gasteiger partial charge is 0.158 e. The summed E-state index contributed by atoms with van der Waals surface area (Å²) in [6, 6.07) is 13.6. The van der Waals surface area contributed by atoms with Crippen molar-refractivity contribution in [1.29, 1.82) is 0 Å². The molecular weight excluding hydrogens is 464 g/mol. The summed E-state index contributed by atoms with van der Waals surface area (Å²) in [6.07, 6.45) is 6.85. The summed E-state index contributed by atoms with van der Waals surface area (Å²) in [5.41, 5.74) is 11.9. The number of aliphatic imine (C=N–C) groups is 1. The lowest BCUT2D eigenvalue weighted by Gasteiger charge is -2.24. The fourth-order valence-corrected chi connectivity index (χ4v) is 4.24. The second-order valence-electron chi connectivity index (χ2n) is 9.17. The van der Waals surface area contributed by atoms with Crippen molar-refractivity contribution in [3.05, 3.63) is 71.7 Å². The monoisotopic (exact) mass is 500 g/mol. The van der Waals surface area contributed by atoms with Gasteiger partial charge in [-0.25, -0.2) is 14.5 Å². The Balaban J connectivity index is 1.57. The summed E-state index contributed by atoms with van der Waals surface area (Å²) in [5, 5.41) is 4.11. The number of rotatable bonds is 11. The summed E-state index contributed by atoms with van der Waals surface area (Å²) in [6.45, 7) is 9.81. The average Bonchev–Trinajstić information content (AvgIpc) is 3.34. The predicted molar refractivity (Wildman–Crippen MR) is 150 cm³/mol. The molecule has 0 radical (unpaired) electrons. The number of nitrogens with zero attached hydrogens (tertiary/aromatic N) is 5. The van der Waals surface area contributed by atoms with Crippen LogP contribution in [0.1, 0.15) is 49.8 Å². The minimum Gasteiger partial charge on any atom is -0.492 e. The van der Waals surface area contributed by atoms with Gasteiger partial charge in [0.25, 0.3) is 0 Å². The number of aromatic nitrogens is 3. The highest BCUT2D eigenvalue weighted by Crippen LogP contribution is 2.33. The fourth-order valence-electron chi connectivity index (χ4n) is 4.24. The Bertz CT molecular complexity index is 1390. The van der Waals surface area contributed by atoms with Gasteiger partial charge in [0.15, 0.2) is 5.65 Å². The standard InChI is InChI=1S/C29H36N6O2/c1-6-8-9-13-34(5)25-18-24(20(3)16-27(25)36-7-2)29(30)33-22-10-11-26(21(4)15-22)37-23-12-14-35-28(17-23)31-19-32-35/h10-12,14-19H,6-9,13H2,1-5H3,(H2,30,33). The van der Waals surface area contributed by atoms with E-state index in [0.29, 0.717) is 18.2 Å². The van der Waals surface area contributed by atoms with E-state index in [1.165, 1.54) is 19.2 Å². The fraction of sp³-hybridized carbons (Fsp3) is 0.345. The van der Waals surface area contributed by atoms with E-state index in [2.05, 4.69) is 41.1 Å². The van der Waals surface area contributed by atoms with Gasteiger partial charge in [0.05, 0.1) is 18.0 Å². The number of fused-ring (bicyclic) bond motifs is 1. The first-order chi connectivity index (χ1) is 17.9. The van der Waals surface area contributed by atoms with Crippen LogP contribution in [-0.4, -0.2) is 40.6 Å². The molecule has 0 atom stereocenters. The van der Waals surface area contributed by atoms with E-state index in [-0.39, 0.29) is 0 Å². The molecule has 4 aromatic rings. The van der Waals surface area contributed by atoms with Crippen LogP contribution in [0.3, 0.4) is 0 Å². The van der Waals surface area contributed by atoms with Crippen LogP contribution in [0.2, 0.25) is 0 Å². The third-order valence-corrected chi connectivity index (χ3v) is 6.28. The molecule has 4 rings (SSSR count). The largest absolute Gasteiger partial charge is 0.492 e. The quantitative estimate of drug-likeness (QED) is 0.150. The molecule has 0 aliphatic carbocycles. The topological polar surface area (TPSA) is 90.3 Å². The summed E-state index contributed by atoms with van der Waals surface area (Å²) < 4.78 is 13.7. The summed E-state index contributed by atoms with van der Waals surface area (Å²) in [4.78, 5) is 11.2. The molecule has 0 aliphatic rings. The minimum absolute atomic E-state index is 0.467. The molecule has 2 N–H and O–H groups in total. The predicted octanol–water partition coefficient (Wildman–Crippen LogP) is 6.20. The number of aryl methyl sites for hydroxylation is 2. The zero-order valence-electron chi connectivity index (χ0n) is 22.4. The molecule has 0 spiro atoms. The van der Waals surface area contributed by atoms with Crippen LogP contribution >= 0.6 is 0 Å². The number of ether oxygens (including phenoxy) is 2. The van der Waals surface area contributed by atoms with Crippen molar-refractivity contribution in [2.75, 3.05) is 25.1 Å². The van der Waals surface area contributed by atoms with Crippen molar-refractivity contribution in [2.24, 2.45) is 10.7 Å². The summed E-state index contributed by atoms with van der Waals surface area (Å²) in [5.74, 6) is 2.78. The van der Waals surface area contributed by atoms with Gasteiger partial charge in [-0.1, -0.05) is 19.8 Å². The van der Waals surface area contributed by atoms with E-state index < -0.39 is 0 Å². The lowest BCUT2D eigenvalue weighted by Crippen LogP contribution is -2.21. The maximum absolute atomic E-state index is 6.54. The van der Waals surface area contributed by atoms with Crippen LogP contribution in [0.15, 0.2) is 60.0 Å². The van der Waals surface area contributed by atoms with Gasteiger partial charge in [-0.3, -0.25) is 0 Å². The molecule has 8 heteroatoms. The minimum atomic E-state index is 0.467. The van der Waals surface area contributed by atoms with E-state index in [1.807, 2.05) is 57.3 Å². The van der Waals surface area contributed by atoms with Gasteiger partial charge in [0.2, 0.25) is 0 Å². The van der Waals surface area contributed by atoms with E-state index in [9.17, 15) is 0 Å². The normalized spacial score (nSPS) is 11.6. The average molecular weight is 501 g/mol. The third kappa shape index (κ3) is 6.20. The second kappa shape index (κ2) is 11.8. The Kier molecular flexibility index (Phi) is 8.28. The number of anilines is 1. The highest BCUT2D eigenvalue weighted by Gasteiger charge is 2.15. The molecule has 37 heavy (non-hydrogen) atoms. The van der Waals surface area contributed by atoms with Crippen LogP contribution in [-0.2, 0) is 0 Å². The third-order valence-electron chi connectivity index (χ3n) is 6.28. The first kappa shape index (κ1) is 26.0. The molecule has 0 aliphatic heterocycles. The molecule has 2 aromatic carbocycles. The lowest BCUT2D eigenvalue weighted by atomic mass is 10.0. The second-order valence-corrected chi connectivity index (χ2v) is 9.17. The van der Waals surface area contributed by atoms with Crippen molar-refractivity contribution < 1.29 is 9.47 Å². The van der Waals surface area contributed by atoms with Crippen molar-refractivity contribution in [3.8, 4) is 17.2 Å². The Morgan fingerprint density at radius 1 is 1.03 bits per heavy atom. The molecule has 0 saturated heterocycles. The molecule has 0 amide bonds. The van der Waals surface area contributed by atoms with Gasteiger partial charge >= 0.3 is 0 Å². The summed E-state index contributed by atoms with van der Waals surface area (Å²) >= 11 is 0. The maximum Gasteiger partial charge on any atom is 0.158 e. The number of benzene rings is 2. The molecule has 194 valence electrons. The van der Waals surface area contributed by atoms with Gasteiger partial charge in [0, 0.05) is 31.4 Å². The van der Waals surface area contributed by atoms with Gasteiger partial charge in [-0.15, -0.1) is 0 Å². The number of unbranched alkanes of at least 4 members (excludes halogenated alkanes) is 2. The number of hydrogen-bond acceptors (Lipinski definition) is 6. The van der Waals surface area contributed by atoms with Crippen LogP contribution in [0, 0.1) is 13.8 Å². The van der Waals surface area contributed by atoms with E-state index in [0.717, 1.165) is 58.2 Å². The Morgan fingerprint density at radius 2 is 1.86 bits per heavy atom. The molecule has 2 heterocycles. The Labute approximate surface area is 218 Å². The van der Waals surface area contributed by atoms with E-state index in [1.54, 1.807) is 4.52 Å². The maximum atomic E-state index is 6.54. The SMILES string of the molecule is CCCCCN(C)c1cc(C(N)=Nc2ccc(Oc3ccn4ncnc4c3)c(C)c2)c(C)cc1OCC. The van der Waals surface area contributed by atoms with Crippen molar-refractivity contribution in [1.82, 2.24) is 14.6 Å². The summed E-state index contributed by atoms with van der Waals surface area (Å²) in [7, 11) is 2.10. The molecule has 0 saturated carbocycles. The molecular formula is C29H36N6O2. The molecule has 0 unspecified atom stereocenters. The van der Waals surface area contributed by atoms with Gasteiger partial charge in [-0.05, 0) is 74.7 Å². The highest BCUT2D eigenvalue weighted by molar-refractivity contribution is 6.01. The van der Waals surface area contributed by atoms with E-state index >= 15 is 0 Å². The van der Waals surface area contributed by atoms with Crippen molar-refractivity contribution in [2.45, 2.75) is 47.0 Å². The lowest BCUT2D eigenvalue weighted by molar-refractivity contribution is 0.340. The first-order valence-electron chi connectivity index (χ1n) is 12.8. The number of nitrogens with two attached hydrogens (primary N) is 1. The molecule has 0 bridgehead atoms.